The highest BCUT2D eigenvalue weighted by Gasteiger charge is 2.53. The van der Waals surface area contributed by atoms with Gasteiger partial charge >= 0.3 is 0 Å². The maximum absolute atomic E-state index is 12.7. The van der Waals surface area contributed by atoms with Crippen molar-refractivity contribution < 1.29 is 9.59 Å². The molecule has 3 aliphatic carbocycles. The molecule has 2 fully saturated rings. The summed E-state index contributed by atoms with van der Waals surface area (Å²) in [6, 6.07) is 0. The van der Waals surface area contributed by atoms with Gasteiger partial charge in [-0.2, -0.15) is 0 Å². The van der Waals surface area contributed by atoms with Gasteiger partial charge in [0.1, 0.15) is 0 Å². The first-order valence-corrected chi connectivity index (χ1v) is 7.49. The Hall–Kier alpha value is -1.38. The lowest BCUT2D eigenvalue weighted by molar-refractivity contribution is -0.131. The molecule has 4 rings (SSSR count). The second kappa shape index (κ2) is 4.06. The number of carbonyl (C=O) groups excluding carboxylic acids is 2. The average Bonchev–Trinajstić information content (AvgIpc) is 3.05. The van der Waals surface area contributed by atoms with E-state index in [9.17, 15) is 9.59 Å². The molecular formula is C16H19NO2. The molecule has 1 heterocycles. The van der Waals surface area contributed by atoms with Gasteiger partial charge in [-0.25, -0.2) is 0 Å². The zero-order chi connectivity index (χ0) is 13.0. The van der Waals surface area contributed by atoms with E-state index >= 15 is 0 Å². The largest absolute Gasteiger partial charge is 0.369 e. The van der Waals surface area contributed by atoms with Gasteiger partial charge in [-0.15, -0.1) is 0 Å². The lowest BCUT2D eigenvalue weighted by atomic mass is 9.73. The van der Waals surface area contributed by atoms with E-state index in [4.69, 9.17) is 0 Å². The van der Waals surface area contributed by atoms with Crippen LogP contribution in [0.5, 0.6) is 0 Å². The first-order chi connectivity index (χ1) is 9.25. The first kappa shape index (κ1) is 11.4. The summed E-state index contributed by atoms with van der Waals surface area (Å²) in [7, 11) is 0. The molecular weight excluding hydrogens is 238 g/mol. The van der Waals surface area contributed by atoms with Crippen molar-refractivity contribution in [2.75, 3.05) is 13.1 Å². The minimum Gasteiger partial charge on any atom is -0.369 e. The van der Waals surface area contributed by atoms with Crippen LogP contribution in [0.1, 0.15) is 25.7 Å². The Kier molecular flexibility index (Phi) is 2.44. The number of nitrogens with zero attached hydrogens (tertiary/aromatic N) is 1. The SMILES string of the molecule is O=C1C=C(N2CCCCC2)C(=O)[C@@H]2[C@@H]1[C@H]1C=C[C@H]2C1. The number of carbonyl (C=O) groups is 2. The molecule has 1 aliphatic heterocycles. The summed E-state index contributed by atoms with van der Waals surface area (Å²) in [5.74, 6) is 0.983. The van der Waals surface area contributed by atoms with E-state index in [2.05, 4.69) is 17.1 Å². The molecule has 0 aromatic carbocycles. The van der Waals surface area contributed by atoms with Crippen LogP contribution in [-0.2, 0) is 9.59 Å². The standard InChI is InChI=1S/C16H19NO2/c18-13-9-12(17-6-2-1-3-7-17)16(19)15-11-5-4-10(8-11)14(13)15/h4-5,9-11,14-15H,1-3,6-8H2/t10-,11-,14+,15-/m0/s1. The molecule has 0 N–H and O–H groups in total. The van der Waals surface area contributed by atoms with Crippen molar-refractivity contribution in [3.8, 4) is 0 Å². The second-order valence-corrected chi connectivity index (χ2v) is 6.34. The van der Waals surface area contributed by atoms with Crippen LogP contribution in [0.2, 0.25) is 0 Å². The quantitative estimate of drug-likeness (QED) is 0.674. The molecule has 1 saturated carbocycles. The molecule has 0 aromatic heterocycles. The molecule has 0 amide bonds. The van der Waals surface area contributed by atoms with Crippen LogP contribution in [0.25, 0.3) is 0 Å². The molecule has 0 unspecified atom stereocenters. The Balaban J connectivity index is 1.67. The highest BCUT2D eigenvalue weighted by atomic mass is 16.1. The normalized spacial score (nSPS) is 40.6. The maximum atomic E-state index is 12.7. The Labute approximate surface area is 113 Å². The molecule has 19 heavy (non-hydrogen) atoms. The number of hydrogen-bond acceptors (Lipinski definition) is 3. The summed E-state index contributed by atoms with van der Waals surface area (Å²) < 4.78 is 0. The topological polar surface area (TPSA) is 37.4 Å². The van der Waals surface area contributed by atoms with Crippen molar-refractivity contribution in [1.29, 1.82) is 0 Å². The molecule has 100 valence electrons. The number of likely N-dealkylation sites (tertiary alicyclic amines) is 1. The van der Waals surface area contributed by atoms with Gasteiger partial charge in [0.25, 0.3) is 0 Å². The summed E-state index contributed by atoms with van der Waals surface area (Å²) in [4.78, 5) is 27.3. The summed E-state index contributed by atoms with van der Waals surface area (Å²) in [5.41, 5.74) is 0.715. The minimum absolute atomic E-state index is 0.0453. The third-order valence-corrected chi connectivity index (χ3v) is 5.32. The predicted molar refractivity (Wildman–Crippen MR) is 71.2 cm³/mol. The number of allylic oxidation sites excluding steroid dienone is 4. The average molecular weight is 257 g/mol. The molecule has 0 spiro atoms. The van der Waals surface area contributed by atoms with Crippen molar-refractivity contribution in [3.05, 3.63) is 23.9 Å². The van der Waals surface area contributed by atoms with Crippen molar-refractivity contribution in [3.63, 3.8) is 0 Å². The lowest BCUT2D eigenvalue weighted by Crippen LogP contribution is -2.43. The van der Waals surface area contributed by atoms with E-state index in [0.717, 1.165) is 32.4 Å². The zero-order valence-corrected chi connectivity index (χ0v) is 11.0. The van der Waals surface area contributed by atoms with Crippen LogP contribution in [0, 0.1) is 23.7 Å². The van der Waals surface area contributed by atoms with Gasteiger partial charge in [-0.1, -0.05) is 12.2 Å². The summed E-state index contributed by atoms with van der Waals surface area (Å²) in [6.07, 6.45) is 10.5. The number of hydrogen-bond donors (Lipinski definition) is 0. The van der Waals surface area contributed by atoms with Crippen LogP contribution in [0.15, 0.2) is 23.9 Å². The Morgan fingerprint density at radius 1 is 0.947 bits per heavy atom. The number of ketones is 2. The van der Waals surface area contributed by atoms with E-state index in [0.29, 0.717) is 17.5 Å². The van der Waals surface area contributed by atoms with Gasteiger partial charge in [-0.05, 0) is 37.5 Å². The van der Waals surface area contributed by atoms with E-state index in [1.165, 1.54) is 6.42 Å². The van der Waals surface area contributed by atoms with Gasteiger partial charge in [0.2, 0.25) is 0 Å². The third kappa shape index (κ3) is 1.57. The molecule has 1 saturated heterocycles. The summed E-state index contributed by atoms with van der Waals surface area (Å²) >= 11 is 0. The van der Waals surface area contributed by atoms with Crippen molar-refractivity contribution in [1.82, 2.24) is 4.90 Å². The van der Waals surface area contributed by atoms with Gasteiger partial charge in [-0.3, -0.25) is 9.59 Å². The van der Waals surface area contributed by atoms with Crippen LogP contribution >= 0.6 is 0 Å². The molecule has 4 aliphatic rings. The number of piperidine rings is 1. The van der Waals surface area contributed by atoms with Crippen LogP contribution < -0.4 is 0 Å². The maximum Gasteiger partial charge on any atom is 0.183 e. The molecule has 3 nitrogen and oxygen atoms in total. The van der Waals surface area contributed by atoms with Crippen molar-refractivity contribution in [2.24, 2.45) is 23.7 Å². The first-order valence-electron chi connectivity index (χ1n) is 7.49. The molecule has 0 aromatic rings. The molecule has 3 heteroatoms. The minimum atomic E-state index is -0.0515. The van der Waals surface area contributed by atoms with Gasteiger partial charge in [0.15, 0.2) is 11.6 Å². The fraction of sp³-hybridized carbons (Fsp3) is 0.625. The molecule has 2 bridgehead atoms. The van der Waals surface area contributed by atoms with Gasteiger partial charge in [0.05, 0.1) is 5.70 Å². The second-order valence-electron chi connectivity index (χ2n) is 6.34. The van der Waals surface area contributed by atoms with Crippen LogP contribution in [0.4, 0.5) is 0 Å². The smallest absolute Gasteiger partial charge is 0.183 e. The highest BCUT2D eigenvalue weighted by Crippen LogP contribution is 2.51. The van der Waals surface area contributed by atoms with E-state index in [1.54, 1.807) is 6.08 Å². The van der Waals surface area contributed by atoms with Gasteiger partial charge in [0, 0.05) is 31.0 Å². The fourth-order valence-corrected chi connectivity index (χ4v) is 4.42. The molecule has 4 atom stereocenters. The van der Waals surface area contributed by atoms with E-state index in [-0.39, 0.29) is 23.4 Å². The van der Waals surface area contributed by atoms with Crippen molar-refractivity contribution in [2.45, 2.75) is 25.7 Å². The van der Waals surface area contributed by atoms with Crippen LogP contribution in [-0.4, -0.2) is 29.6 Å². The fourth-order valence-electron chi connectivity index (χ4n) is 4.42. The Morgan fingerprint density at radius 2 is 1.63 bits per heavy atom. The zero-order valence-electron chi connectivity index (χ0n) is 11.0. The molecule has 0 radical (unpaired) electrons. The van der Waals surface area contributed by atoms with E-state index < -0.39 is 0 Å². The van der Waals surface area contributed by atoms with E-state index in [1.807, 2.05) is 0 Å². The third-order valence-electron chi connectivity index (χ3n) is 5.32. The monoisotopic (exact) mass is 257 g/mol. The summed E-state index contributed by atoms with van der Waals surface area (Å²) in [5, 5.41) is 0. The lowest BCUT2D eigenvalue weighted by Gasteiger charge is -2.36. The summed E-state index contributed by atoms with van der Waals surface area (Å²) in [6.45, 7) is 1.87. The predicted octanol–water partition coefficient (Wildman–Crippen LogP) is 1.95. The number of rotatable bonds is 1. The number of Topliss-reactive ketones (excluding diaryl/α,β-unsaturated/α-hetero) is 1. The Morgan fingerprint density at radius 3 is 2.37 bits per heavy atom. The number of fused-ring (bicyclic) bond motifs is 5. The van der Waals surface area contributed by atoms with Crippen molar-refractivity contribution >= 4 is 11.6 Å². The van der Waals surface area contributed by atoms with Gasteiger partial charge < -0.3 is 4.90 Å². The Bertz CT molecular complexity index is 499. The van der Waals surface area contributed by atoms with Crippen LogP contribution in [0.3, 0.4) is 0 Å². The highest BCUT2D eigenvalue weighted by molar-refractivity contribution is 6.11.